The number of methoxy groups -OCH3 is 1. The summed E-state index contributed by atoms with van der Waals surface area (Å²) in [4.78, 5) is 23.6. The molecule has 4 aromatic rings. The second kappa shape index (κ2) is 11.8. The molecule has 0 radical (unpaired) electrons. The fourth-order valence-electron chi connectivity index (χ4n) is 3.29. The molecule has 4 rings (SSSR count). The quantitative estimate of drug-likeness (QED) is 0.121. The normalized spacial score (nSPS) is 10.8. The van der Waals surface area contributed by atoms with Crippen LogP contribution >= 0.6 is 11.8 Å². The smallest absolute Gasteiger partial charge is 0.308 e. The van der Waals surface area contributed by atoms with E-state index in [1.807, 2.05) is 65.2 Å². The van der Waals surface area contributed by atoms with Crippen LogP contribution in [0.3, 0.4) is 0 Å². The minimum Gasteiger partial charge on any atom is -0.493 e. The van der Waals surface area contributed by atoms with Crippen molar-refractivity contribution in [2.75, 3.05) is 12.9 Å². The zero-order chi connectivity index (χ0) is 25.3. The van der Waals surface area contributed by atoms with Gasteiger partial charge in [0.05, 0.1) is 19.1 Å². The van der Waals surface area contributed by atoms with E-state index in [0.717, 1.165) is 11.3 Å². The van der Waals surface area contributed by atoms with Crippen LogP contribution in [0.25, 0.3) is 17.1 Å². The molecular weight excluding hydrogens is 478 g/mol. The second-order valence-corrected chi connectivity index (χ2v) is 8.37. The molecule has 0 saturated carbocycles. The number of amides is 1. The number of nitrogens with zero attached hydrogens (tertiary/aromatic N) is 4. The van der Waals surface area contributed by atoms with Crippen molar-refractivity contribution in [3.05, 3.63) is 84.4 Å². The number of para-hydroxylation sites is 1. The predicted octanol–water partition coefficient (Wildman–Crippen LogP) is 4.11. The molecule has 3 aromatic carbocycles. The Morgan fingerprint density at radius 1 is 1.00 bits per heavy atom. The van der Waals surface area contributed by atoms with Crippen molar-refractivity contribution in [2.24, 2.45) is 5.10 Å². The summed E-state index contributed by atoms with van der Waals surface area (Å²) in [6.07, 6.45) is 1.47. The van der Waals surface area contributed by atoms with Crippen LogP contribution in [0.15, 0.2) is 89.1 Å². The topological polar surface area (TPSA) is 108 Å². The number of esters is 1. The number of hydrazone groups is 1. The molecule has 0 aliphatic carbocycles. The Kier molecular flexibility index (Phi) is 8.09. The van der Waals surface area contributed by atoms with Crippen LogP contribution in [-0.4, -0.2) is 45.7 Å². The molecule has 182 valence electrons. The highest BCUT2D eigenvalue weighted by molar-refractivity contribution is 7.99. The first-order chi connectivity index (χ1) is 17.5. The van der Waals surface area contributed by atoms with E-state index in [2.05, 4.69) is 20.7 Å². The lowest BCUT2D eigenvalue weighted by Gasteiger charge is -2.10. The SMILES string of the molecule is COc1cc(/C=N/NC(=O)CSc2nnc(-c3ccccc3)n2-c2ccccc2)ccc1OC(C)=O. The van der Waals surface area contributed by atoms with Gasteiger partial charge in [-0.2, -0.15) is 5.10 Å². The van der Waals surface area contributed by atoms with E-state index in [0.29, 0.717) is 28.0 Å². The highest BCUT2D eigenvalue weighted by Crippen LogP contribution is 2.28. The molecule has 1 N–H and O–H groups in total. The highest BCUT2D eigenvalue weighted by atomic mass is 32.2. The molecule has 0 spiro atoms. The van der Waals surface area contributed by atoms with E-state index in [9.17, 15) is 9.59 Å². The van der Waals surface area contributed by atoms with Crippen molar-refractivity contribution < 1.29 is 19.1 Å². The summed E-state index contributed by atoms with van der Waals surface area (Å²) < 4.78 is 12.2. The van der Waals surface area contributed by atoms with Crippen LogP contribution in [0, 0.1) is 0 Å². The number of hydrogen-bond donors (Lipinski definition) is 1. The molecule has 0 aliphatic heterocycles. The molecular formula is C26H23N5O4S. The van der Waals surface area contributed by atoms with E-state index < -0.39 is 5.97 Å². The van der Waals surface area contributed by atoms with Crippen LogP contribution in [0.4, 0.5) is 0 Å². The summed E-state index contributed by atoms with van der Waals surface area (Å²) in [6, 6.07) is 24.4. The van der Waals surface area contributed by atoms with Gasteiger partial charge in [0.2, 0.25) is 0 Å². The maximum atomic E-state index is 12.4. The number of hydrogen-bond acceptors (Lipinski definition) is 8. The first kappa shape index (κ1) is 24.7. The van der Waals surface area contributed by atoms with E-state index in [-0.39, 0.29) is 11.7 Å². The Balaban J connectivity index is 1.43. The Morgan fingerprint density at radius 3 is 2.42 bits per heavy atom. The Morgan fingerprint density at radius 2 is 1.72 bits per heavy atom. The fourth-order valence-corrected chi connectivity index (χ4v) is 4.04. The number of aromatic nitrogens is 3. The van der Waals surface area contributed by atoms with Crippen LogP contribution in [-0.2, 0) is 9.59 Å². The number of nitrogens with one attached hydrogen (secondary N) is 1. The lowest BCUT2D eigenvalue weighted by atomic mass is 10.2. The first-order valence-electron chi connectivity index (χ1n) is 10.9. The van der Waals surface area contributed by atoms with Crippen molar-refractivity contribution in [1.82, 2.24) is 20.2 Å². The lowest BCUT2D eigenvalue weighted by Crippen LogP contribution is -2.20. The van der Waals surface area contributed by atoms with Gasteiger partial charge in [-0.3, -0.25) is 14.2 Å². The standard InChI is InChI=1S/C26H23N5O4S/c1-18(32)35-22-14-13-19(15-23(22)34-2)16-27-28-24(33)17-36-26-30-29-25(20-9-5-3-6-10-20)31(26)21-11-7-4-8-12-21/h3-16H,17H2,1-2H3,(H,28,33)/b27-16+. The largest absolute Gasteiger partial charge is 0.493 e. The number of ether oxygens (including phenoxy) is 2. The van der Waals surface area contributed by atoms with Gasteiger partial charge in [-0.05, 0) is 35.9 Å². The lowest BCUT2D eigenvalue weighted by molar-refractivity contribution is -0.132. The van der Waals surface area contributed by atoms with Gasteiger partial charge in [-0.25, -0.2) is 5.43 Å². The third kappa shape index (κ3) is 6.16. The van der Waals surface area contributed by atoms with Gasteiger partial charge in [0.15, 0.2) is 22.5 Å². The Hall–Kier alpha value is -4.44. The molecule has 0 saturated heterocycles. The van der Waals surface area contributed by atoms with Gasteiger partial charge < -0.3 is 9.47 Å². The van der Waals surface area contributed by atoms with Gasteiger partial charge in [-0.15, -0.1) is 10.2 Å². The average Bonchev–Trinajstić information content (AvgIpc) is 3.33. The van der Waals surface area contributed by atoms with Crippen molar-refractivity contribution in [1.29, 1.82) is 0 Å². The monoisotopic (exact) mass is 501 g/mol. The second-order valence-electron chi connectivity index (χ2n) is 7.43. The molecule has 0 bridgehead atoms. The minimum atomic E-state index is -0.446. The summed E-state index contributed by atoms with van der Waals surface area (Å²) in [5, 5.41) is 13.3. The number of rotatable bonds is 9. The van der Waals surface area contributed by atoms with Crippen LogP contribution in [0.2, 0.25) is 0 Å². The summed E-state index contributed by atoms with van der Waals surface area (Å²) in [5.74, 6) is 0.715. The van der Waals surface area contributed by atoms with Crippen molar-refractivity contribution in [2.45, 2.75) is 12.1 Å². The average molecular weight is 502 g/mol. The molecule has 0 unspecified atom stereocenters. The van der Waals surface area contributed by atoms with E-state index >= 15 is 0 Å². The van der Waals surface area contributed by atoms with Gasteiger partial charge in [-0.1, -0.05) is 60.3 Å². The number of benzene rings is 3. The Labute approximate surface area is 212 Å². The molecule has 0 atom stereocenters. The molecule has 36 heavy (non-hydrogen) atoms. The van der Waals surface area contributed by atoms with Crippen LogP contribution in [0.5, 0.6) is 11.5 Å². The summed E-state index contributed by atoms with van der Waals surface area (Å²) >= 11 is 1.26. The van der Waals surface area contributed by atoms with Crippen LogP contribution in [0.1, 0.15) is 12.5 Å². The fraction of sp³-hybridized carbons (Fsp3) is 0.115. The third-order valence-corrected chi connectivity index (χ3v) is 5.79. The summed E-state index contributed by atoms with van der Waals surface area (Å²) in [5.41, 5.74) is 4.99. The molecule has 0 fully saturated rings. The highest BCUT2D eigenvalue weighted by Gasteiger charge is 2.17. The van der Waals surface area contributed by atoms with Gasteiger partial charge in [0.1, 0.15) is 0 Å². The van der Waals surface area contributed by atoms with Crippen molar-refractivity contribution in [3.63, 3.8) is 0 Å². The van der Waals surface area contributed by atoms with E-state index in [1.165, 1.54) is 32.0 Å². The molecule has 0 aliphatic rings. The predicted molar refractivity (Wildman–Crippen MR) is 138 cm³/mol. The maximum absolute atomic E-state index is 12.4. The molecule has 9 nitrogen and oxygen atoms in total. The number of thioether (sulfide) groups is 1. The van der Waals surface area contributed by atoms with Crippen molar-refractivity contribution >= 4 is 29.9 Å². The molecule has 1 amide bonds. The summed E-state index contributed by atoms with van der Waals surface area (Å²) in [6.45, 7) is 1.31. The molecule has 10 heteroatoms. The number of carbonyl (C=O) groups excluding carboxylic acids is 2. The molecule has 1 heterocycles. The van der Waals surface area contributed by atoms with E-state index in [1.54, 1.807) is 18.2 Å². The zero-order valence-electron chi connectivity index (χ0n) is 19.6. The third-order valence-electron chi connectivity index (χ3n) is 4.86. The summed E-state index contributed by atoms with van der Waals surface area (Å²) in [7, 11) is 1.47. The first-order valence-corrected chi connectivity index (χ1v) is 11.9. The van der Waals surface area contributed by atoms with Gasteiger partial charge >= 0.3 is 5.97 Å². The molecule has 1 aromatic heterocycles. The minimum absolute atomic E-state index is 0.0891. The van der Waals surface area contributed by atoms with Gasteiger partial charge in [0, 0.05) is 18.2 Å². The van der Waals surface area contributed by atoms with Crippen LogP contribution < -0.4 is 14.9 Å². The van der Waals surface area contributed by atoms with Crippen molar-refractivity contribution in [3.8, 4) is 28.6 Å². The van der Waals surface area contributed by atoms with Gasteiger partial charge in [0.25, 0.3) is 5.91 Å². The maximum Gasteiger partial charge on any atom is 0.308 e. The number of carbonyl (C=O) groups is 2. The zero-order valence-corrected chi connectivity index (χ0v) is 20.4. The Bertz CT molecular complexity index is 1370. The van der Waals surface area contributed by atoms with E-state index in [4.69, 9.17) is 9.47 Å².